The number of nitrogens with one attached hydrogen (secondary N) is 2. The predicted molar refractivity (Wildman–Crippen MR) is 99.0 cm³/mol. The van der Waals surface area contributed by atoms with Gasteiger partial charge >= 0.3 is 0 Å². The van der Waals surface area contributed by atoms with Crippen LogP contribution in [0.25, 0.3) is 0 Å². The lowest BCUT2D eigenvalue weighted by molar-refractivity contribution is -0.116. The van der Waals surface area contributed by atoms with Gasteiger partial charge in [-0.1, -0.05) is 31.7 Å². The van der Waals surface area contributed by atoms with Crippen molar-refractivity contribution in [3.8, 4) is 0 Å². The summed E-state index contributed by atoms with van der Waals surface area (Å²) in [5, 5.41) is 2.80. The van der Waals surface area contributed by atoms with Crippen LogP contribution in [0.1, 0.15) is 44.3 Å². The van der Waals surface area contributed by atoms with Gasteiger partial charge in [0.15, 0.2) is 0 Å². The van der Waals surface area contributed by atoms with Crippen molar-refractivity contribution in [2.45, 2.75) is 50.0 Å². The number of anilines is 1. The molecule has 1 aromatic heterocycles. The molecular weight excluding hydrogens is 352 g/mol. The van der Waals surface area contributed by atoms with Crippen LogP contribution in [0.5, 0.6) is 0 Å². The van der Waals surface area contributed by atoms with E-state index in [1.807, 2.05) is 0 Å². The quantitative estimate of drug-likeness (QED) is 0.736. The maximum Gasteiger partial charge on any atom is 0.241 e. The van der Waals surface area contributed by atoms with Crippen molar-refractivity contribution in [1.82, 2.24) is 4.72 Å². The third-order valence-electron chi connectivity index (χ3n) is 4.70. The van der Waals surface area contributed by atoms with Crippen LogP contribution < -0.4 is 10.0 Å². The molecule has 26 heavy (non-hydrogen) atoms. The topological polar surface area (TPSA) is 88.4 Å². The first kappa shape index (κ1) is 18.7. The lowest BCUT2D eigenvalue weighted by Crippen LogP contribution is -2.23. The minimum absolute atomic E-state index is 0.0741. The third kappa shape index (κ3) is 5.19. The summed E-state index contributed by atoms with van der Waals surface area (Å²) in [5.41, 5.74) is 0.488. The zero-order valence-electron chi connectivity index (χ0n) is 14.6. The molecule has 0 atom stereocenters. The average molecular weight is 376 g/mol. The summed E-state index contributed by atoms with van der Waals surface area (Å²) < 4.78 is 32.4. The van der Waals surface area contributed by atoms with E-state index < -0.39 is 10.0 Å². The number of furan rings is 1. The highest BCUT2D eigenvalue weighted by atomic mass is 32.2. The molecule has 0 bridgehead atoms. The van der Waals surface area contributed by atoms with Gasteiger partial charge in [0.1, 0.15) is 5.76 Å². The molecule has 1 heterocycles. The normalized spacial score (nSPS) is 15.2. The SMILES string of the molecule is O=C(CCC1CCCC1)Nc1cccc(S(=O)(=O)NCc2ccco2)c1. The van der Waals surface area contributed by atoms with Crippen LogP contribution in [0.15, 0.2) is 52.0 Å². The van der Waals surface area contributed by atoms with Crippen LogP contribution >= 0.6 is 0 Å². The molecule has 0 spiro atoms. The van der Waals surface area contributed by atoms with E-state index in [1.165, 1.54) is 44.1 Å². The van der Waals surface area contributed by atoms with Crippen molar-refractivity contribution >= 4 is 21.6 Å². The Bertz CT molecular complexity index is 825. The summed E-state index contributed by atoms with van der Waals surface area (Å²) in [6.07, 6.45) is 7.80. The summed E-state index contributed by atoms with van der Waals surface area (Å²) >= 11 is 0. The number of carbonyl (C=O) groups excluding carboxylic acids is 1. The number of benzene rings is 1. The van der Waals surface area contributed by atoms with Gasteiger partial charge in [0.2, 0.25) is 15.9 Å². The smallest absolute Gasteiger partial charge is 0.241 e. The molecule has 1 saturated carbocycles. The predicted octanol–water partition coefficient (Wildman–Crippen LogP) is 3.67. The molecule has 1 aliphatic carbocycles. The highest BCUT2D eigenvalue weighted by Gasteiger charge is 2.17. The molecule has 2 N–H and O–H groups in total. The molecule has 0 radical (unpaired) electrons. The van der Waals surface area contributed by atoms with Gasteiger partial charge in [-0.15, -0.1) is 0 Å². The second-order valence-electron chi connectivity index (χ2n) is 6.67. The molecule has 1 aliphatic rings. The van der Waals surface area contributed by atoms with Gasteiger partial charge in [0.05, 0.1) is 17.7 Å². The molecule has 0 unspecified atom stereocenters. The lowest BCUT2D eigenvalue weighted by atomic mass is 10.0. The van der Waals surface area contributed by atoms with Crippen LogP contribution in [0, 0.1) is 5.92 Å². The van der Waals surface area contributed by atoms with Gasteiger partial charge in [-0.25, -0.2) is 13.1 Å². The molecule has 3 rings (SSSR count). The summed E-state index contributed by atoms with van der Waals surface area (Å²) in [4.78, 5) is 12.2. The molecular formula is C19H24N2O4S. The molecule has 1 fully saturated rings. The zero-order valence-corrected chi connectivity index (χ0v) is 15.4. The average Bonchev–Trinajstić information content (AvgIpc) is 3.32. The second-order valence-corrected chi connectivity index (χ2v) is 8.44. The van der Waals surface area contributed by atoms with Crippen molar-refractivity contribution in [2.75, 3.05) is 5.32 Å². The molecule has 6 nitrogen and oxygen atoms in total. The number of amides is 1. The fourth-order valence-electron chi connectivity index (χ4n) is 3.26. The number of hydrogen-bond donors (Lipinski definition) is 2. The van der Waals surface area contributed by atoms with Gasteiger partial charge in [-0.05, 0) is 42.7 Å². The van der Waals surface area contributed by atoms with Crippen LogP contribution in [0.3, 0.4) is 0 Å². The van der Waals surface area contributed by atoms with Gasteiger partial charge < -0.3 is 9.73 Å². The van der Waals surface area contributed by atoms with Gasteiger partial charge in [0, 0.05) is 12.1 Å². The molecule has 0 aliphatic heterocycles. The minimum atomic E-state index is -3.68. The molecule has 0 saturated heterocycles. The molecule has 2 aromatic rings. The van der Waals surface area contributed by atoms with Crippen LogP contribution in [-0.2, 0) is 21.4 Å². The van der Waals surface area contributed by atoms with Crippen molar-refractivity contribution in [3.63, 3.8) is 0 Å². The summed E-state index contributed by atoms with van der Waals surface area (Å²) in [5.74, 6) is 1.11. The van der Waals surface area contributed by atoms with Gasteiger partial charge in [0.25, 0.3) is 0 Å². The van der Waals surface area contributed by atoms with E-state index in [-0.39, 0.29) is 17.3 Å². The van der Waals surface area contributed by atoms with Crippen molar-refractivity contribution in [1.29, 1.82) is 0 Å². The largest absolute Gasteiger partial charge is 0.468 e. The Morgan fingerprint density at radius 1 is 1.15 bits per heavy atom. The Balaban J connectivity index is 1.57. The Labute approximate surface area is 154 Å². The molecule has 140 valence electrons. The maximum atomic E-state index is 12.4. The summed E-state index contributed by atoms with van der Waals surface area (Å²) in [6, 6.07) is 9.68. The van der Waals surface area contributed by atoms with E-state index in [9.17, 15) is 13.2 Å². The van der Waals surface area contributed by atoms with E-state index >= 15 is 0 Å². The van der Waals surface area contributed by atoms with E-state index in [0.717, 1.165) is 6.42 Å². The van der Waals surface area contributed by atoms with Crippen molar-refractivity contribution in [2.24, 2.45) is 5.92 Å². The number of carbonyl (C=O) groups is 1. The van der Waals surface area contributed by atoms with E-state index in [2.05, 4.69) is 10.0 Å². The molecule has 1 amide bonds. The standard InChI is InChI=1S/C19H24N2O4S/c22-19(11-10-15-5-1-2-6-15)21-16-7-3-9-18(13-16)26(23,24)20-14-17-8-4-12-25-17/h3-4,7-9,12-13,15,20H,1-2,5-6,10-11,14H2,(H,21,22). The van der Waals surface area contributed by atoms with Crippen LogP contribution in [-0.4, -0.2) is 14.3 Å². The van der Waals surface area contributed by atoms with Crippen LogP contribution in [0.2, 0.25) is 0 Å². The van der Waals surface area contributed by atoms with Crippen molar-refractivity contribution < 1.29 is 17.6 Å². The van der Waals surface area contributed by atoms with E-state index in [4.69, 9.17) is 4.42 Å². The first-order valence-corrected chi connectivity index (χ1v) is 10.4. The monoisotopic (exact) mass is 376 g/mol. The van der Waals surface area contributed by atoms with Crippen molar-refractivity contribution in [3.05, 3.63) is 48.4 Å². The first-order valence-electron chi connectivity index (χ1n) is 8.95. The van der Waals surface area contributed by atoms with E-state index in [0.29, 0.717) is 23.8 Å². The molecule has 7 heteroatoms. The fraction of sp³-hybridized carbons (Fsp3) is 0.421. The second kappa shape index (κ2) is 8.51. The third-order valence-corrected chi connectivity index (χ3v) is 6.10. The summed E-state index contributed by atoms with van der Waals surface area (Å²) in [7, 11) is -3.68. The Morgan fingerprint density at radius 2 is 1.96 bits per heavy atom. The van der Waals surface area contributed by atoms with Gasteiger partial charge in [-0.3, -0.25) is 4.79 Å². The van der Waals surface area contributed by atoms with Crippen LogP contribution in [0.4, 0.5) is 5.69 Å². The van der Waals surface area contributed by atoms with Gasteiger partial charge in [-0.2, -0.15) is 0 Å². The number of sulfonamides is 1. The maximum absolute atomic E-state index is 12.4. The highest BCUT2D eigenvalue weighted by molar-refractivity contribution is 7.89. The zero-order chi connectivity index (χ0) is 18.4. The Morgan fingerprint density at radius 3 is 2.69 bits per heavy atom. The fourth-order valence-corrected chi connectivity index (χ4v) is 4.30. The number of rotatable bonds is 8. The minimum Gasteiger partial charge on any atom is -0.468 e. The first-order chi connectivity index (χ1) is 12.5. The molecule has 1 aromatic carbocycles. The Hall–Kier alpha value is -2.12. The lowest BCUT2D eigenvalue weighted by Gasteiger charge is -2.10. The van der Waals surface area contributed by atoms with E-state index in [1.54, 1.807) is 24.3 Å². The number of hydrogen-bond acceptors (Lipinski definition) is 4. The summed E-state index contributed by atoms with van der Waals surface area (Å²) in [6.45, 7) is 0.0767. The Kier molecular flexibility index (Phi) is 6.11. The highest BCUT2D eigenvalue weighted by Crippen LogP contribution is 2.28.